The monoisotopic (exact) mass is 180 g/mol. The van der Waals surface area contributed by atoms with Crippen molar-refractivity contribution in [3.63, 3.8) is 0 Å². The van der Waals surface area contributed by atoms with Gasteiger partial charge in [-0.05, 0) is 36.7 Å². The molecule has 0 bridgehead atoms. The molecule has 1 unspecified atom stereocenters. The Morgan fingerprint density at radius 3 is 2.62 bits per heavy atom. The molecule has 0 N–H and O–H groups in total. The molecule has 0 aromatic rings. The molecule has 0 aromatic heterocycles. The van der Waals surface area contributed by atoms with Crippen molar-refractivity contribution in [3.8, 4) is 0 Å². The molecule has 0 fully saturated rings. The van der Waals surface area contributed by atoms with Crippen LogP contribution in [0.1, 0.15) is 40.0 Å². The summed E-state index contributed by atoms with van der Waals surface area (Å²) in [5, 5.41) is 0.165. The van der Waals surface area contributed by atoms with Crippen LogP contribution in [0.3, 0.4) is 0 Å². The number of hydrogen-bond acceptors (Lipinski definition) is 0. The maximum absolute atomic E-state index is 13.3. The van der Waals surface area contributed by atoms with Crippen LogP contribution in [0.2, 0.25) is 5.31 Å². The number of rotatable bonds is 2. The summed E-state index contributed by atoms with van der Waals surface area (Å²) in [7, 11) is 2.19. The average molecular weight is 180 g/mol. The second-order valence-corrected chi connectivity index (χ2v) is 4.54. The molecule has 0 saturated heterocycles. The van der Waals surface area contributed by atoms with E-state index in [0.717, 1.165) is 24.8 Å². The van der Waals surface area contributed by atoms with E-state index in [9.17, 15) is 4.39 Å². The van der Waals surface area contributed by atoms with Gasteiger partial charge in [0, 0.05) is 0 Å². The summed E-state index contributed by atoms with van der Waals surface area (Å²) >= 11 is 0. The van der Waals surface area contributed by atoms with Crippen molar-refractivity contribution in [1.29, 1.82) is 0 Å². The van der Waals surface area contributed by atoms with Crippen LogP contribution in [0.25, 0.3) is 0 Å². The first-order chi connectivity index (χ1) is 5.97. The molecule has 0 aliphatic heterocycles. The van der Waals surface area contributed by atoms with Crippen molar-refractivity contribution < 1.29 is 4.39 Å². The van der Waals surface area contributed by atoms with E-state index in [0.29, 0.717) is 0 Å². The molecule has 0 heterocycles. The van der Waals surface area contributed by atoms with E-state index in [-0.39, 0.29) is 11.1 Å². The standard InChI is InChI=1S/C11H18BF/c1-4-11(3,12)9-6-5-8(2)10(13)7-9/h7H,4-6,12H2,1-3H3. The zero-order valence-electron chi connectivity index (χ0n) is 9.08. The van der Waals surface area contributed by atoms with E-state index in [1.54, 1.807) is 6.08 Å². The lowest BCUT2D eigenvalue weighted by Crippen LogP contribution is -2.12. The lowest BCUT2D eigenvalue weighted by Gasteiger charge is -2.29. The summed E-state index contributed by atoms with van der Waals surface area (Å²) in [5.74, 6) is -0.0113. The van der Waals surface area contributed by atoms with Gasteiger partial charge in [-0.2, -0.15) is 0 Å². The van der Waals surface area contributed by atoms with Gasteiger partial charge in [-0.1, -0.05) is 25.8 Å². The fourth-order valence-corrected chi connectivity index (χ4v) is 1.55. The van der Waals surface area contributed by atoms with Crippen molar-refractivity contribution in [1.82, 2.24) is 0 Å². The molecule has 72 valence electrons. The second kappa shape index (κ2) is 3.69. The summed E-state index contributed by atoms with van der Waals surface area (Å²) in [6.45, 7) is 6.22. The SMILES string of the molecule is BC(C)(CC)C1=CC(F)=C(C)CC1. The maximum Gasteiger partial charge on any atom is 0.122 e. The van der Waals surface area contributed by atoms with Crippen molar-refractivity contribution >= 4 is 7.85 Å². The third kappa shape index (κ3) is 2.23. The van der Waals surface area contributed by atoms with E-state index >= 15 is 0 Å². The van der Waals surface area contributed by atoms with Gasteiger partial charge >= 0.3 is 0 Å². The van der Waals surface area contributed by atoms with E-state index in [4.69, 9.17) is 0 Å². The summed E-state index contributed by atoms with van der Waals surface area (Å²) < 4.78 is 13.3. The van der Waals surface area contributed by atoms with Gasteiger partial charge in [-0.25, -0.2) is 4.39 Å². The highest BCUT2D eigenvalue weighted by Crippen LogP contribution is 2.41. The topological polar surface area (TPSA) is 0 Å². The first-order valence-corrected chi connectivity index (χ1v) is 5.03. The van der Waals surface area contributed by atoms with E-state index in [1.807, 2.05) is 6.92 Å². The molecule has 1 aliphatic rings. The van der Waals surface area contributed by atoms with Gasteiger partial charge in [-0.3, -0.25) is 0 Å². The minimum atomic E-state index is -0.0113. The largest absolute Gasteiger partial charge is 0.207 e. The molecule has 0 spiro atoms. The van der Waals surface area contributed by atoms with Crippen LogP contribution in [0.5, 0.6) is 0 Å². The minimum absolute atomic E-state index is 0.0113. The highest BCUT2D eigenvalue weighted by molar-refractivity contribution is 6.17. The van der Waals surface area contributed by atoms with Crippen LogP contribution in [0.15, 0.2) is 23.0 Å². The minimum Gasteiger partial charge on any atom is -0.207 e. The maximum atomic E-state index is 13.3. The Balaban J connectivity index is 2.91. The van der Waals surface area contributed by atoms with Crippen LogP contribution in [-0.2, 0) is 0 Å². The predicted molar refractivity (Wildman–Crippen MR) is 58.3 cm³/mol. The van der Waals surface area contributed by atoms with Gasteiger partial charge in [0.15, 0.2) is 0 Å². The smallest absolute Gasteiger partial charge is 0.122 e. The lowest BCUT2D eigenvalue weighted by molar-refractivity contribution is 0.591. The Labute approximate surface area is 81.3 Å². The highest BCUT2D eigenvalue weighted by atomic mass is 19.1. The number of hydrogen-bond donors (Lipinski definition) is 0. The first kappa shape index (κ1) is 10.6. The number of halogens is 1. The molecule has 1 aliphatic carbocycles. The summed E-state index contributed by atoms with van der Waals surface area (Å²) in [4.78, 5) is 0. The van der Waals surface area contributed by atoms with Gasteiger partial charge in [0.1, 0.15) is 13.7 Å². The first-order valence-electron chi connectivity index (χ1n) is 5.03. The molecule has 2 heteroatoms. The fraction of sp³-hybridized carbons (Fsp3) is 0.636. The van der Waals surface area contributed by atoms with Gasteiger partial charge < -0.3 is 0 Å². The zero-order chi connectivity index (χ0) is 10.1. The van der Waals surface area contributed by atoms with Gasteiger partial charge in [-0.15, -0.1) is 0 Å². The Morgan fingerprint density at radius 2 is 2.15 bits per heavy atom. The fourth-order valence-electron chi connectivity index (χ4n) is 1.55. The second-order valence-electron chi connectivity index (χ2n) is 4.54. The van der Waals surface area contributed by atoms with Crippen molar-refractivity contribution in [3.05, 3.63) is 23.0 Å². The van der Waals surface area contributed by atoms with Crippen LogP contribution in [0, 0.1) is 0 Å². The van der Waals surface area contributed by atoms with Crippen LogP contribution >= 0.6 is 0 Å². The summed E-state index contributed by atoms with van der Waals surface area (Å²) in [6, 6.07) is 0. The van der Waals surface area contributed by atoms with Gasteiger partial charge in [0.2, 0.25) is 0 Å². The molecule has 1 rings (SSSR count). The average Bonchev–Trinajstić information content (AvgIpc) is 2.09. The Bertz CT molecular complexity index is 261. The van der Waals surface area contributed by atoms with E-state index < -0.39 is 0 Å². The Hall–Kier alpha value is -0.525. The Kier molecular flexibility index (Phi) is 3.00. The molecular formula is C11H18BF. The summed E-state index contributed by atoms with van der Waals surface area (Å²) in [5.41, 5.74) is 2.16. The van der Waals surface area contributed by atoms with Gasteiger partial charge in [0.25, 0.3) is 0 Å². The highest BCUT2D eigenvalue weighted by Gasteiger charge is 2.23. The molecule has 0 nitrogen and oxygen atoms in total. The Morgan fingerprint density at radius 1 is 1.54 bits per heavy atom. The molecule has 0 saturated carbocycles. The van der Waals surface area contributed by atoms with Crippen molar-refractivity contribution in [2.45, 2.75) is 45.3 Å². The quantitative estimate of drug-likeness (QED) is 0.572. The third-order valence-corrected chi connectivity index (χ3v) is 3.23. The predicted octanol–water partition coefficient (Wildman–Crippen LogP) is 3.17. The van der Waals surface area contributed by atoms with E-state index in [2.05, 4.69) is 21.7 Å². The van der Waals surface area contributed by atoms with E-state index in [1.165, 1.54) is 5.57 Å². The molecule has 0 aromatic carbocycles. The molecule has 13 heavy (non-hydrogen) atoms. The van der Waals surface area contributed by atoms with Crippen LogP contribution < -0.4 is 0 Å². The van der Waals surface area contributed by atoms with Crippen molar-refractivity contribution in [2.75, 3.05) is 0 Å². The number of allylic oxidation sites excluding steroid dienone is 4. The zero-order valence-corrected chi connectivity index (χ0v) is 9.08. The van der Waals surface area contributed by atoms with Crippen LogP contribution in [-0.4, -0.2) is 7.85 Å². The molecular weight excluding hydrogens is 162 g/mol. The van der Waals surface area contributed by atoms with Crippen molar-refractivity contribution in [2.24, 2.45) is 0 Å². The normalized spacial score (nSPS) is 22.6. The molecule has 0 amide bonds. The third-order valence-electron chi connectivity index (χ3n) is 3.23. The molecule has 1 atom stereocenters. The van der Waals surface area contributed by atoms with Gasteiger partial charge in [0.05, 0.1) is 0 Å². The van der Waals surface area contributed by atoms with Crippen LogP contribution in [0.4, 0.5) is 4.39 Å². The lowest BCUT2D eigenvalue weighted by atomic mass is 9.61. The summed E-state index contributed by atoms with van der Waals surface area (Å²) in [6.07, 6.45) is 4.73. The molecule has 0 radical (unpaired) electrons.